The van der Waals surface area contributed by atoms with Crippen LogP contribution in [0.15, 0.2) is 24.7 Å². The van der Waals surface area contributed by atoms with Gasteiger partial charge < -0.3 is 0 Å². The summed E-state index contributed by atoms with van der Waals surface area (Å²) in [4.78, 5) is 7.89. The Morgan fingerprint density at radius 1 is 1.17 bits per heavy atom. The number of fused-ring (bicyclic) bond motifs is 1. The summed E-state index contributed by atoms with van der Waals surface area (Å²) in [5, 5.41) is 1.82. The SMILES string of the molecule is Clc1ccc2ncncc2c1Cl. The van der Waals surface area contributed by atoms with E-state index in [-0.39, 0.29) is 0 Å². The highest BCUT2D eigenvalue weighted by molar-refractivity contribution is 6.45. The number of halogens is 2. The summed E-state index contributed by atoms with van der Waals surface area (Å²) in [6, 6.07) is 3.53. The van der Waals surface area contributed by atoms with Crippen LogP contribution in [-0.4, -0.2) is 9.97 Å². The molecule has 1 aromatic heterocycles. The highest BCUT2D eigenvalue weighted by Gasteiger charge is 2.02. The fourth-order valence-corrected chi connectivity index (χ4v) is 1.37. The van der Waals surface area contributed by atoms with Gasteiger partial charge in [0.1, 0.15) is 6.33 Å². The number of hydrogen-bond acceptors (Lipinski definition) is 2. The molecule has 0 saturated heterocycles. The minimum atomic E-state index is 0.509. The van der Waals surface area contributed by atoms with Crippen molar-refractivity contribution >= 4 is 34.1 Å². The van der Waals surface area contributed by atoms with Crippen molar-refractivity contribution in [3.05, 3.63) is 34.7 Å². The molecule has 0 N–H and O–H groups in total. The zero-order valence-corrected chi connectivity index (χ0v) is 7.47. The third kappa shape index (κ3) is 1.13. The van der Waals surface area contributed by atoms with Gasteiger partial charge >= 0.3 is 0 Å². The summed E-state index contributed by atoms with van der Waals surface area (Å²) in [6.45, 7) is 0. The van der Waals surface area contributed by atoms with Crippen molar-refractivity contribution in [3.8, 4) is 0 Å². The van der Waals surface area contributed by atoms with E-state index in [1.807, 2.05) is 6.07 Å². The van der Waals surface area contributed by atoms with Crippen molar-refractivity contribution in [2.24, 2.45) is 0 Å². The van der Waals surface area contributed by atoms with E-state index in [9.17, 15) is 0 Å². The Balaban J connectivity index is 2.91. The number of nitrogens with zero attached hydrogens (tertiary/aromatic N) is 2. The topological polar surface area (TPSA) is 25.8 Å². The zero-order valence-electron chi connectivity index (χ0n) is 5.96. The first-order chi connectivity index (χ1) is 5.79. The molecule has 0 radical (unpaired) electrons. The molecular weight excluding hydrogens is 195 g/mol. The lowest BCUT2D eigenvalue weighted by molar-refractivity contribution is 1.22. The number of rotatable bonds is 0. The molecule has 1 aromatic carbocycles. The van der Waals surface area contributed by atoms with Gasteiger partial charge in [0.05, 0.1) is 15.6 Å². The van der Waals surface area contributed by atoms with E-state index >= 15 is 0 Å². The van der Waals surface area contributed by atoms with Crippen molar-refractivity contribution in [2.45, 2.75) is 0 Å². The Labute approximate surface area is 79.2 Å². The lowest BCUT2D eigenvalue weighted by Gasteiger charge is -1.99. The van der Waals surface area contributed by atoms with Crippen molar-refractivity contribution < 1.29 is 0 Å². The van der Waals surface area contributed by atoms with Crippen LogP contribution < -0.4 is 0 Å². The molecule has 0 aliphatic heterocycles. The first-order valence-electron chi connectivity index (χ1n) is 3.33. The second kappa shape index (κ2) is 2.88. The highest BCUT2D eigenvalue weighted by Crippen LogP contribution is 2.28. The summed E-state index contributed by atoms with van der Waals surface area (Å²) >= 11 is 11.7. The van der Waals surface area contributed by atoms with Crippen LogP contribution in [0.1, 0.15) is 0 Å². The van der Waals surface area contributed by atoms with Gasteiger partial charge in [0, 0.05) is 11.6 Å². The molecule has 2 nitrogen and oxygen atoms in total. The molecule has 0 unspecified atom stereocenters. The Morgan fingerprint density at radius 2 is 2.00 bits per heavy atom. The number of benzene rings is 1. The summed E-state index contributed by atoms with van der Waals surface area (Å²) in [6.07, 6.45) is 3.13. The minimum Gasteiger partial charge on any atom is -0.244 e. The fourth-order valence-electron chi connectivity index (χ4n) is 0.995. The Morgan fingerprint density at radius 3 is 2.83 bits per heavy atom. The second-order valence-electron chi connectivity index (χ2n) is 2.32. The number of aromatic nitrogens is 2. The molecule has 60 valence electrons. The summed E-state index contributed by atoms with van der Waals surface area (Å²) in [7, 11) is 0. The van der Waals surface area contributed by atoms with E-state index in [4.69, 9.17) is 23.2 Å². The fraction of sp³-hybridized carbons (Fsp3) is 0. The van der Waals surface area contributed by atoms with Crippen LogP contribution in [0.2, 0.25) is 10.0 Å². The predicted octanol–water partition coefficient (Wildman–Crippen LogP) is 2.94. The van der Waals surface area contributed by atoms with Gasteiger partial charge in [-0.1, -0.05) is 23.2 Å². The average Bonchev–Trinajstić information content (AvgIpc) is 2.12. The Kier molecular flexibility index (Phi) is 1.87. The summed E-state index contributed by atoms with van der Waals surface area (Å²) < 4.78 is 0. The maximum atomic E-state index is 5.91. The van der Waals surface area contributed by atoms with Gasteiger partial charge in [0.25, 0.3) is 0 Å². The van der Waals surface area contributed by atoms with Crippen LogP contribution in [0.25, 0.3) is 10.9 Å². The van der Waals surface area contributed by atoms with Crippen LogP contribution >= 0.6 is 23.2 Å². The van der Waals surface area contributed by atoms with E-state index in [1.165, 1.54) is 6.33 Å². The third-order valence-corrected chi connectivity index (χ3v) is 2.40. The molecule has 12 heavy (non-hydrogen) atoms. The molecule has 0 saturated carbocycles. The molecule has 0 spiro atoms. The minimum absolute atomic E-state index is 0.509. The van der Waals surface area contributed by atoms with Gasteiger partial charge in [-0.2, -0.15) is 0 Å². The van der Waals surface area contributed by atoms with Crippen molar-refractivity contribution in [1.29, 1.82) is 0 Å². The normalized spacial score (nSPS) is 10.5. The maximum Gasteiger partial charge on any atom is 0.116 e. The lowest BCUT2D eigenvalue weighted by Crippen LogP contribution is -1.81. The van der Waals surface area contributed by atoms with Gasteiger partial charge in [-0.25, -0.2) is 9.97 Å². The van der Waals surface area contributed by atoms with Crippen LogP contribution in [0, 0.1) is 0 Å². The molecule has 0 atom stereocenters. The Hall–Kier alpha value is -0.860. The molecule has 2 aromatic rings. The highest BCUT2D eigenvalue weighted by atomic mass is 35.5. The van der Waals surface area contributed by atoms with E-state index in [1.54, 1.807) is 12.3 Å². The molecule has 0 amide bonds. The van der Waals surface area contributed by atoms with Gasteiger partial charge in [0.2, 0.25) is 0 Å². The van der Waals surface area contributed by atoms with Crippen molar-refractivity contribution in [3.63, 3.8) is 0 Å². The van der Waals surface area contributed by atoms with Crippen molar-refractivity contribution in [1.82, 2.24) is 9.97 Å². The van der Waals surface area contributed by atoms with E-state index in [2.05, 4.69) is 9.97 Å². The van der Waals surface area contributed by atoms with Gasteiger partial charge in [-0.05, 0) is 12.1 Å². The van der Waals surface area contributed by atoms with Crippen LogP contribution in [-0.2, 0) is 0 Å². The quantitative estimate of drug-likeness (QED) is 0.651. The maximum absolute atomic E-state index is 5.91. The van der Waals surface area contributed by atoms with Gasteiger partial charge in [0.15, 0.2) is 0 Å². The molecular formula is C8H4Cl2N2. The first kappa shape index (κ1) is 7.77. The van der Waals surface area contributed by atoms with E-state index < -0.39 is 0 Å². The predicted molar refractivity (Wildman–Crippen MR) is 49.6 cm³/mol. The molecule has 2 rings (SSSR count). The first-order valence-corrected chi connectivity index (χ1v) is 4.08. The largest absolute Gasteiger partial charge is 0.244 e. The van der Waals surface area contributed by atoms with Crippen LogP contribution in [0.3, 0.4) is 0 Å². The van der Waals surface area contributed by atoms with Crippen LogP contribution in [0.5, 0.6) is 0 Å². The molecule has 0 bridgehead atoms. The monoisotopic (exact) mass is 198 g/mol. The lowest BCUT2D eigenvalue weighted by atomic mass is 10.2. The Bertz CT molecular complexity index is 428. The third-order valence-electron chi connectivity index (χ3n) is 1.58. The molecule has 0 fully saturated rings. The van der Waals surface area contributed by atoms with Gasteiger partial charge in [-0.15, -0.1) is 0 Å². The zero-order chi connectivity index (χ0) is 8.55. The molecule has 4 heteroatoms. The second-order valence-corrected chi connectivity index (χ2v) is 3.10. The molecule has 1 heterocycles. The van der Waals surface area contributed by atoms with Crippen molar-refractivity contribution in [2.75, 3.05) is 0 Å². The standard InChI is InChI=1S/C8H4Cl2N2/c9-6-1-2-7-5(8(6)10)3-11-4-12-7/h1-4H. The molecule has 0 aliphatic carbocycles. The molecule has 0 aliphatic rings. The summed E-state index contributed by atoms with van der Waals surface area (Å²) in [5.74, 6) is 0. The van der Waals surface area contributed by atoms with E-state index in [0.29, 0.717) is 10.0 Å². The smallest absolute Gasteiger partial charge is 0.116 e. The average molecular weight is 199 g/mol. The van der Waals surface area contributed by atoms with E-state index in [0.717, 1.165) is 10.9 Å². The number of hydrogen-bond donors (Lipinski definition) is 0. The summed E-state index contributed by atoms with van der Waals surface area (Å²) in [5.41, 5.74) is 0.805. The van der Waals surface area contributed by atoms with Crippen LogP contribution in [0.4, 0.5) is 0 Å². The van der Waals surface area contributed by atoms with Gasteiger partial charge in [-0.3, -0.25) is 0 Å².